The molecule has 2 rings (SSSR count). The number of carbonyl (C=O) groups is 1. The van der Waals surface area contributed by atoms with Crippen LogP contribution in [0, 0.1) is 6.92 Å². The number of nitrogens with one attached hydrogen (secondary N) is 2. The molecule has 0 aromatic heterocycles. The van der Waals surface area contributed by atoms with Gasteiger partial charge >= 0.3 is 0 Å². The van der Waals surface area contributed by atoms with Gasteiger partial charge in [-0.05, 0) is 42.2 Å². The number of rotatable bonds is 6. The fourth-order valence-corrected chi connectivity index (χ4v) is 2.99. The Kier molecular flexibility index (Phi) is 5.62. The molecule has 0 spiro atoms. The number of aryl methyl sites for hydroxylation is 1. The molecule has 2 N–H and O–H groups in total. The van der Waals surface area contributed by atoms with Gasteiger partial charge in [0.05, 0.1) is 11.9 Å². The summed E-state index contributed by atoms with van der Waals surface area (Å²) in [6, 6.07) is 14.9. The van der Waals surface area contributed by atoms with Gasteiger partial charge in [0.15, 0.2) is 0 Å². The number of amides is 1. The van der Waals surface area contributed by atoms with Crippen molar-refractivity contribution in [2.75, 3.05) is 17.5 Å². The van der Waals surface area contributed by atoms with E-state index in [0.717, 1.165) is 6.26 Å². The third kappa shape index (κ3) is 5.09. The highest BCUT2D eigenvalue weighted by atomic mass is 32.2. The molecule has 0 aliphatic heterocycles. The van der Waals surface area contributed by atoms with Crippen LogP contribution in [-0.4, -0.2) is 27.1 Å². The zero-order valence-corrected chi connectivity index (χ0v) is 14.9. The van der Waals surface area contributed by atoms with Gasteiger partial charge in [0.2, 0.25) is 10.0 Å². The van der Waals surface area contributed by atoms with Crippen molar-refractivity contribution in [3.63, 3.8) is 0 Å². The second-order valence-corrected chi connectivity index (χ2v) is 7.67. The summed E-state index contributed by atoms with van der Waals surface area (Å²) in [5.41, 5.74) is 2.85. The normalized spacial score (nSPS) is 12.5. The number of hydrogen-bond acceptors (Lipinski definition) is 3. The van der Waals surface area contributed by atoms with Gasteiger partial charge in [0.25, 0.3) is 5.91 Å². The van der Waals surface area contributed by atoms with E-state index < -0.39 is 10.0 Å². The predicted molar refractivity (Wildman–Crippen MR) is 96.8 cm³/mol. The average molecular weight is 346 g/mol. The van der Waals surface area contributed by atoms with Crippen molar-refractivity contribution < 1.29 is 13.2 Å². The fourth-order valence-electron chi connectivity index (χ4n) is 2.37. The fraction of sp³-hybridized carbons (Fsp3) is 0.278. The van der Waals surface area contributed by atoms with Crippen LogP contribution in [0.15, 0.2) is 48.5 Å². The number of hydrogen-bond donors (Lipinski definition) is 2. The molecule has 24 heavy (non-hydrogen) atoms. The zero-order chi connectivity index (χ0) is 17.7. The second-order valence-electron chi connectivity index (χ2n) is 5.93. The Bertz CT molecular complexity index is 817. The van der Waals surface area contributed by atoms with Crippen LogP contribution in [-0.2, 0) is 10.0 Å². The van der Waals surface area contributed by atoms with Gasteiger partial charge in [0, 0.05) is 12.1 Å². The summed E-state index contributed by atoms with van der Waals surface area (Å²) in [5.74, 6) is 0.0363. The standard InChI is InChI=1S/C18H22N2O3S/c1-13-11-16(9-10-17(13)20-24(3,22)23)18(21)19-12-14(2)15-7-5-4-6-8-15/h4-11,14,20H,12H2,1-3H3,(H,19,21). The third-order valence-corrected chi connectivity index (χ3v) is 4.31. The minimum Gasteiger partial charge on any atom is -0.351 e. The molecular formula is C18H22N2O3S. The highest BCUT2D eigenvalue weighted by Crippen LogP contribution is 2.18. The molecule has 1 atom stereocenters. The first-order valence-electron chi connectivity index (χ1n) is 7.68. The predicted octanol–water partition coefficient (Wildman–Crippen LogP) is 2.90. The van der Waals surface area contributed by atoms with Crippen LogP contribution in [0.2, 0.25) is 0 Å². The summed E-state index contributed by atoms with van der Waals surface area (Å²) < 4.78 is 25.0. The maximum atomic E-state index is 12.3. The lowest BCUT2D eigenvalue weighted by Crippen LogP contribution is -2.27. The van der Waals surface area contributed by atoms with Gasteiger partial charge in [0.1, 0.15) is 0 Å². The molecule has 6 heteroatoms. The van der Waals surface area contributed by atoms with Crippen LogP contribution in [0.5, 0.6) is 0 Å². The molecule has 5 nitrogen and oxygen atoms in total. The summed E-state index contributed by atoms with van der Waals surface area (Å²) in [7, 11) is -3.34. The molecule has 0 aliphatic carbocycles. The van der Waals surface area contributed by atoms with Crippen molar-refractivity contribution in [1.82, 2.24) is 5.32 Å². The molecule has 128 valence electrons. The number of anilines is 1. The van der Waals surface area contributed by atoms with Crippen molar-refractivity contribution in [3.8, 4) is 0 Å². The summed E-state index contributed by atoms with van der Waals surface area (Å²) in [6.07, 6.45) is 1.10. The van der Waals surface area contributed by atoms with Crippen molar-refractivity contribution in [2.24, 2.45) is 0 Å². The molecule has 0 heterocycles. The molecule has 0 saturated heterocycles. The lowest BCUT2D eigenvalue weighted by molar-refractivity contribution is 0.0951. The SMILES string of the molecule is Cc1cc(C(=O)NCC(C)c2ccccc2)ccc1NS(C)(=O)=O. The van der Waals surface area contributed by atoms with Crippen molar-refractivity contribution in [1.29, 1.82) is 0 Å². The molecule has 0 aliphatic rings. The van der Waals surface area contributed by atoms with Gasteiger partial charge in [-0.25, -0.2) is 8.42 Å². The van der Waals surface area contributed by atoms with Gasteiger partial charge in [-0.1, -0.05) is 37.3 Å². The first kappa shape index (κ1) is 18.0. The Morgan fingerprint density at radius 1 is 1.12 bits per heavy atom. The van der Waals surface area contributed by atoms with E-state index in [0.29, 0.717) is 23.4 Å². The minimum atomic E-state index is -3.34. The molecule has 2 aromatic rings. The van der Waals surface area contributed by atoms with Gasteiger partial charge < -0.3 is 5.32 Å². The van der Waals surface area contributed by atoms with Crippen LogP contribution in [0.4, 0.5) is 5.69 Å². The van der Waals surface area contributed by atoms with E-state index in [4.69, 9.17) is 0 Å². The van der Waals surface area contributed by atoms with Crippen LogP contribution < -0.4 is 10.0 Å². The second kappa shape index (κ2) is 7.49. The summed E-state index contributed by atoms with van der Waals surface area (Å²) >= 11 is 0. The third-order valence-electron chi connectivity index (χ3n) is 3.72. The van der Waals surface area contributed by atoms with Gasteiger partial charge in [-0.15, -0.1) is 0 Å². The van der Waals surface area contributed by atoms with Crippen LogP contribution in [0.3, 0.4) is 0 Å². The Labute approximate surface area is 143 Å². The monoisotopic (exact) mass is 346 g/mol. The summed E-state index contributed by atoms with van der Waals surface area (Å²) in [4.78, 5) is 12.3. The lowest BCUT2D eigenvalue weighted by atomic mass is 10.0. The van der Waals surface area contributed by atoms with Crippen molar-refractivity contribution in [2.45, 2.75) is 19.8 Å². The lowest BCUT2D eigenvalue weighted by Gasteiger charge is -2.14. The Morgan fingerprint density at radius 2 is 1.79 bits per heavy atom. The molecule has 0 fully saturated rings. The zero-order valence-electron chi connectivity index (χ0n) is 14.0. The van der Waals surface area contributed by atoms with Crippen molar-refractivity contribution in [3.05, 3.63) is 65.2 Å². The minimum absolute atomic E-state index is 0.174. The maximum Gasteiger partial charge on any atom is 0.251 e. The van der Waals surface area contributed by atoms with Crippen LogP contribution in [0.1, 0.15) is 34.3 Å². The van der Waals surface area contributed by atoms with Crippen molar-refractivity contribution >= 4 is 21.6 Å². The topological polar surface area (TPSA) is 75.3 Å². The smallest absolute Gasteiger partial charge is 0.251 e. The van der Waals surface area contributed by atoms with Crippen LogP contribution >= 0.6 is 0 Å². The number of benzene rings is 2. The molecule has 0 bridgehead atoms. The van der Waals surface area contributed by atoms with E-state index in [2.05, 4.69) is 17.0 Å². The highest BCUT2D eigenvalue weighted by molar-refractivity contribution is 7.92. The Hall–Kier alpha value is -2.34. The molecule has 0 radical (unpaired) electrons. The number of sulfonamides is 1. The van der Waals surface area contributed by atoms with E-state index >= 15 is 0 Å². The summed E-state index contributed by atoms with van der Waals surface area (Å²) in [6.45, 7) is 4.35. The Balaban J connectivity index is 2.01. The van der Waals surface area contributed by atoms with E-state index in [9.17, 15) is 13.2 Å². The molecular weight excluding hydrogens is 324 g/mol. The first-order valence-corrected chi connectivity index (χ1v) is 9.57. The van der Waals surface area contributed by atoms with Crippen LogP contribution in [0.25, 0.3) is 0 Å². The molecule has 2 aromatic carbocycles. The van der Waals surface area contributed by atoms with E-state index in [1.807, 2.05) is 30.3 Å². The highest BCUT2D eigenvalue weighted by Gasteiger charge is 2.12. The molecule has 0 saturated carbocycles. The number of carbonyl (C=O) groups excluding carboxylic acids is 1. The molecule has 1 unspecified atom stereocenters. The largest absolute Gasteiger partial charge is 0.351 e. The van der Waals surface area contributed by atoms with Gasteiger partial charge in [-0.2, -0.15) is 0 Å². The van der Waals surface area contributed by atoms with E-state index in [1.165, 1.54) is 5.56 Å². The molecule has 1 amide bonds. The van der Waals surface area contributed by atoms with Gasteiger partial charge in [-0.3, -0.25) is 9.52 Å². The summed E-state index contributed by atoms with van der Waals surface area (Å²) in [5, 5.41) is 2.91. The van der Waals surface area contributed by atoms with E-state index in [1.54, 1.807) is 25.1 Å². The van der Waals surface area contributed by atoms with E-state index in [-0.39, 0.29) is 11.8 Å². The first-order chi connectivity index (χ1) is 11.3. The Morgan fingerprint density at radius 3 is 2.38 bits per heavy atom. The maximum absolute atomic E-state index is 12.3. The average Bonchev–Trinajstić information content (AvgIpc) is 2.53. The quantitative estimate of drug-likeness (QED) is 0.844.